The van der Waals surface area contributed by atoms with Gasteiger partial charge in [-0.2, -0.15) is 13.2 Å². The second kappa shape index (κ2) is 9.44. The van der Waals surface area contributed by atoms with E-state index in [1.54, 1.807) is 12.1 Å². The van der Waals surface area contributed by atoms with E-state index < -0.39 is 21.8 Å². The Bertz CT molecular complexity index is 1420. The van der Waals surface area contributed by atoms with Crippen molar-refractivity contribution in [3.63, 3.8) is 0 Å². The van der Waals surface area contributed by atoms with Gasteiger partial charge in [-0.15, -0.1) is 0 Å². The number of benzene rings is 3. The van der Waals surface area contributed by atoms with Crippen molar-refractivity contribution in [2.24, 2.45) is 0 Å². The second-order valence-corrected chi connectivity index (χ2v) is 11.0. The summed E-state index contributed by atoms with van der Waals surface area (Å²) < 4.78 is 67.7. The molecule has 0 atom stereocenters. The number of fused-ring (bicyclic) bond motifs is 1. The van der Waals surface area contributed by atoms with Crippen molar-refractivity contribution in [1.29, 1.82) is 0 Å². The highest BCUT2D eigenvalue weighted by Gasteiger charge is 2.31. The molecule has 0 saturated carbocycles. The molecule has 5 nitrogen and oxygen atoms in total. The molecule has 0 spiro atoms. The van der Waals surface area contributed by atoms with E-state index in [9.17, 15) is 21.6 Å². The first kappa shape index (κ1) is 24.3. The molecule has 4 aromatic rings. The molecule has 10 heteroatoms. The van der Waals surface area contributed by atoms with E-state index in [2.05, 4.69) is 4.98 Å². The molecular weight excluding hydrogens is 483 g/mol. The summed E-state index contributed by atoms with van der Waals surface area (Å²) in [7, 11) is -0.633. The van der Waals surface area contributed by atoms with Crippen molar-refractivity contribution in [3.05, 3.63) is 89.5 Å². The van der Waals surface area contributed by atoms with Gasteiger partial charge in [-0.05, 0) is 41.5 Å². The van der Waals surface area contributed by atoms with Crippen molar-refractivity contribution in [2.45, 2.75) is 28.5 Å². The lowest BCUT2D eigenvalue weighted by Gasteiger charge is -2.12. The molecule has 0 amide bonds. The Hall–Kier alpha value is -2.82. The van der Waals surface area contributed by atoms with Crippen LogP contribution < -0.4 is 0 Å². The number of imidazole rings is 1. The summed E-state index contributed by atoms with van der Waals surface area (Å²) in [4.78, 5) is 4.68. The smallest absolute Gasteiger partial charge is 0.314 e. The van der Waals surface area contributed by atoms with Crippen LogP contribution >= 0.6 is 11.8 Å². The van der Waals surface area contributed by atoms with E-state index in [4.69, 9.17) is 0 Å². The summed E-state index contributed by atoms with van der Waals surface area (Å²) in [6.45, 7) is 0.445. The van der Waals surface area contributed by atoms with Crippen LogP contribution in [-0.2, 0) is 28.5 Å². The van der Waals surface area contributed by atoms with Crippen LogP contribution in [-0.4, -0.2) is 36.4 Å². The molecule has 0 aliphatic rings. The van der Waals surface area contributed by atoms with E-state index >= 15 is 0 Å². The van der Waals surface area contributed by atoms with Crippen LogP contribution in [0.15, 0.2) is 82.8 Å². The fourth-order valence-corrected chi connectivity index (χ4v) is 5.40. The predicted octanol–water partition coefficient (Wildman–Crippen LogP) is 5.65. The summed E-state index contributed by atoms with van der Waals surface area (Å²) in [5.41, 5.74) is 1.87. The van der Waals surface area contributed by atoms with Crippen LogP contribution in [0.3, 0.4) is 0 Å². The minimum absolute atomic E-state index is 0.184. The van der Waals surface area contributed by atoms with E-state index in [1.807, 2.05) is 41.0 Å². The third-order valence-corrected chi connectivity index (χ3v) is 8.13. The van der Waals surface area contributed by atoms with Gasteiger partial charge in [0.25, 0.3) is 0 Å². The fraction of sp³-hybridized carbons (Fsp3) is 0.208. The number of hydrogen-bond acceptors (Lipinski definition) is 4. The third-order valence-electron chi connectivity index (χ3n) is 5.27. The van der Waals surface area contributed by atoms with Gasteiger partial charge in [0.2, 0.25) is 10.0 Å². The molecule has 0 saturated heterocycles. The SMILES string of the molecule is CN(C)S(=O)(=O)c1cccc(CSc2nc3cc(C(F)(F)F)ccc3n2Cc2ccccc2)c1. The Morgan fingerprint density at radius 3 is 2.32 bits per heavy atom. The minimum atomic E-state index is -4.46. The van der Waals surface area contributed by atoms with Gasteiger partial charge in [-0.3, -0.25) is 0 Å². The van der Waals surface area contributed by atoms with Gasteiger partial charge < -0.3 is 4.57 Å². The van der Waals surface area contributed by atoms with Crippen LogP contribution in [0.25, 0.3) is 11.0 Å². The number of thioether (sulfide) groups is 1. The number of nitrogens with zero attached hydrogens (tertiary/aromatic N) is 3. The number of aromatic nitrogens is 2. The third kappa shape index (κ3) is 5.13. The van der Waals surface area contributed by atoms with Crippen LogP contribution in [0.1, 0.15) is 16.7 Å². The topological polar surface area (TPSA) is 55.2 Å². The number of hydrogen-bond donors (Lipinski definition) is 0. The molecule has 0 N–H and O–H groups in total. The van der Waals surface area contributed by atoms with Crippen LogP contribution in [0.2, 0.25) is 0 Å². The first-order chi connectivity index (χ1) is 16.1. The molecule has 1 aromatic heterocycles. The lowest BCUT2D eigenvalue weighted by molar-refractivity contribution is -0.137. The maximum atomic E-state index is 13.2. The number of sulfonamides is 1. The highest BCUT2D eigenvalue weighted by molar-refractivity contribution is 7.98. The van der Waals surface area contributed by atoms with Gasteiger partial charge >= 0.3 is 6.18 Å². The Morgan fingerprint density at radius 1 is 0.941 bits per heavy atom. The standard InChI is InChI=1S/C24H22F3N3O2S2/c1-29(2)34(31,32)20-10-6-9-18(13-20)16-33-23-28-21-14-19(24(25,26)27)11-12-22(21)30(23)15-17-7-4-3-5-8-17/h3-14H,15-16H2,1-2H3. The monoisotopic (exact) mass is 505 g/mol. The molecule has 0 bridgehead atoms. The fourth-order valence-electron chi connectivity index (χ4n) is 3.47. The summed E-state index contributed by atoms with van der Waals surface area (Å²) in [5, 5.41) is 0.555. The minimum Gasteiger partial charge on any atom is -0.314 e. The highest BCUT2D eigenvalue weighted by Crippen LogP contribution is 2.34. The molecule has 0 aliphatic carbocycles. The average Bonchev–Trinajstić information content (AvgIpc) is 3.14. The second-order valence-electron chi connectivity index (χ2n) is 7.89. The Kier molecular flexibility index (Phi) is 6.75. The Balaban J connectivity index is 1.69. The Morgan fingerprint density at radius 2 is 1.65 bits per heavy atom. The molecule has 0 fully saturated rings. The zero-order valence-corrected chi connectivity index (χ0v) is 20.1. The summed E-state index contributed by atoms with van der Waals surface area (Å²) >= 11 is 1.35. The lowest BCUT2D eigenvalue weighted by Crippen LogP contribution is -2.22. The molecule has 34 heavy (non-hydrogen) atoms. The van der Waals surface area contributed by atoms with Crippen molar-refractivity contribution in [3.8, 4) is 0 Å². The predicted molar refractivity (Wildman–Crippen MR) is 127 cm³/mol. The van der Waals surface area contributed by atoms with Gasteiger partial charge in [-0.1, -0.05) is 54.2 Å². The zero-order chi connectivity index (χ0) is 24.5. The first-order valence-corrected chi connectivity index (χ1v) is 12.7. The van der Waals surface area contributed by atoms with E-state index in [0.717, 1.165) is 27.6 Å². The normalized spacial score (nSPS) is 12.5. The van der Waals surface area contributed by atoms with Crippen LogP contribution in [0.5, 0.6) is 0 Å². The van der Waals surface area contributed by atoms with Gasteiger partial charge in [0.15, 0.2) is 5.16 Å². The van der Waals surface area contributed by atoms with Gasteiger partial charge in [0.1, 0.15) is 0 Å². The van der Waals surface area contributed by atoms with Crippen molar-refractivity contribution >= 4 is 32.8 Å². The molecular formula is C24H22F3N3O2S2. The molecule has 0 radical (unpaired) electrons. The molecule has 178 valence electrons. The first-order valence-electron chi connectivity index (χ1n) is 10.3. The Labute approximate surface area is 200 Å². The zero-order valence-electron chi connectivity index (χ0n) is 18.5. The molecule has 0 unspecified atom stereocenters. The summed E-state index contributed by atoms with van der Waals surface area (Å²) in [6, 6.07) is 19.8. The molecule has 3 aromatic carbocycles. The maximum Gasteiger partial charge on any atom is 0.416 e. The summed E-state index contributed by atoms with van der Waals surface area (Å²) in [5.74, 6) is 0.404. The number of rotatable bonds is 7. The van der Waals surface area contributed by atoms with Gasteiger partial charge in [-0.25, -0.2) is 17.7 Å². The van der Waals surface area contributed by atoms with E-state index in [-0.39, 0.29) is 10.4 Å². The molecule has 1 heterocycles. The molecule has 4 rings (SSSR count). The highest BCUT2D eigenvalue weighted by atomic mass is 32.2. The van der Waals surface area contributed by atoms with Crippen LogP contribution in [0, 0.1) is 0 Å². The van der Waals surface area contributed by atoms with Crippen LogP contribution in [0.4, 0.5) is 13.2 Å². The van der Waals surface area contributed by atoms with Crippen molar-refractivity contribution in [1.82, 2.24) is 13.9 Å². The number of halogens is 3. The number of alkyl halides is 3. The largest absolute Gasteiger partial charge is 0.416 e. The van der Waals surface area contributed by atoms with Gasteiger partial charge in [0, 0.05) is 19.8 Å². The van der Waals surface area contributed by atoms with Crippen molar-refractivity contribution < 1.29 is 21.6 Å². The maximum absolute atomic E-state index is 13.2. The van der Waals surface area contributed by atoms with E-state index in [1.165, 1.54) is 38.0 Å². The average molecular weight is 506 g/mol. The molecule has 0 aliphatic heterocycles. The van der Waals surface area contributed by atoms with Crippen molar-refractivity contribution in [2.75, 3.05) is 14.1 Å². The lowest BCUT2D eigenvalue weighted by atomic mass is 10.2. The quantitative estimate of drug-likeness (QED) is 0.305. The van der Waals surface area contributed by atoms with E-state index in [0.29, 0.717) is 23.0 Å². The summed E-state index contributed by atoms with van der Waals surface area (Å²) in [6.07, 6.45) is -4.46. The van der Waals surface area contributed by atoms with Gasteiger partial charge in [0.05, 0.1) is 28.0 Å².